The van der Waals surface area contributed by atoms with Crippen molar-refractivity contribution < 1.29 is 38.1 Å². The van der Waals surface area contributed by atoms with Crippen molar-refractivity contribution in [2.45, 2.75) is 37.9 Å². The number of carbonyl (C=O) groups is 2. The van der Waals surface area contributed by atoms with Crippen LogP contribution in [0.1, 0.15) is 25.7 Å². The van der Waals surface area contributed by atoms with Gasteiger partial charge in [0, 0.05) is 18.6 Å². The van der Waals surface area contributed by atoms with E-state index in [1.165, 1.54) is 0 Å². The average Bonchev–Trinajstić information content (AvgIpc) is 2.97. The number of likely N-dealkylation sites (tertiary alicyclic amines) is 1. The third-order valence-electron chi connectivity index (χ3n) is 3.72. The van der Waals surface area contributed by atoms with E-state index in [0.717, 1.165) is 38.8 Å². The number of carboxylic acid groups (broad SMARTS) is 2. The Bertz CT molecular complexity index is 395. The molecule has 2 rings (SSSR count). The van der Waals surface area contributed by atoms with Gasteiger partial charge >= 0.3 is 18.1 Å². The monoisotopic (exact) mass is 313 g/mol. The van der Waals surface area contributed by atoms with Crippen molar-refractivity contribution in [2.24, 2.45) is 5.41 Å². The van der Waals surface area contributed by atoms with Gasteiger partial charge in [0.1, 0.15) is 6.04 Å². The SMILES string of the molecule is O=C(O)C(F)(F)F.O=C(O)C1CCCN1CC1(CO)CC1. The molecule has 21 heavy (non-hydrogen) atoms. The van der Waals surface area contributed by atoms with Crippen molar-refractivity contribution in [1.82, 2.24) is 4.90 Å². The first kappa shape index (κ1) is 17.7. The first-order valence-corrected chi connectivity index (χ1v) is 6.49. The Labute approximate surface area is 119 Å². The molecule has 1 saturated heterocycles. The number of nitrogens with zero attached hydrogens (tertiary/aromatic N) is 1. The molecule has 2 fully saturated rings. The van der Waals surface area contributed by atoms with Gasteiger partial charge in [-0.2, -0.15) is 13.2 Å². The molecule has 0 spiro atoms. The summed E-state index contributed by atoms with van der Waals surface area (Å²) >= 11 is 0. The van der Waals surface area contributed by atoms with E-state index in [9.17, 15) is 18.0 Å². The van der Waals surface area contributed by atoms with Gasteiger partial charge in [0.15, 0.2) is 0 Å². The standard InChI is InChI=1S/C10H17NO3.C2HF3O2/c12-7-10(3-4-10)6-11-5-1-2-8(11)9(13)14;3-2(4,5)1(6)7/h8,12H,1-7H2,(H,13,14);(H,6,7). The van der Waals surface area contributed by atoms with Crippen LogP contribution in [-0.2, 0) is 9.59 Å². The normalized spacial score (nSPS) is 24.1. The number of halogens is 3. The predicted octanol–water partition coefficient (Wildman–Crippen LogP) is 0.941. The molecule has 0 aromatic heterocycles. The quantitative estimate of drug-likeness (QED) is 0.714. The zero-order chi connectivity index (χ0) is 16.3. The number of carboxylic acids is 2. The molecule has 1 aliphatic heterocycles. The van der Waals surface area contributed by atoms with Gasteiger partial charge in [0.2, 0.25) is 0 Å². The summed E-state index contributed by atoms with van der Waals surface area (Å²) in [5.74, 6) is -3.47. The molecule has 1 aliphatic carbocycles. The van der Waals surface area contributed by atoms with Crippen LogP contribution in [0, 0.1) is 5.41 Å². The lowest BCUT2D eigenvalue weighted by atomic mass is 10.1. The largest absolute Gasteiger partial charge is 0.490 e. The number of aliphatic carboxylic acids is 2. The van der Waals surface area contributed by atoms with Gasteiger partial charge in [-0.05, 0) is 32.2 Å². The highest BCUT2D eigenvalue weighted by Gasteiger charge is 2.46. The zero-order valence-electron chi connectivity index (χ0n) is 11.3. The van der Waals surface area contributed by atoms with Crippen molar-refractivity contribution in [3.8, 4) is 0 Å². The Morgan fingerprint density at radius 3 is 2.10 bits per heavy atom. The van der Waals surface area contributed by atoms with Gasteiger partial charge in [-0.15, -0.1) is 0 Å². The summed E-state index contributed by atoms with van der Waals surface area (Å²) in [5, 5.41) is 25.3. The Hall–Kier alpha value is -1.35. The van der Waals surface area contributed by atoms with Crippen LogP contribution in [0.4, 0.5) is 13.2 Å². The van der Waals surface area contributed by atoms with Gasteiger partial charge in [0.05, 0.1) is 0 Å². The van der Waals surface area contributed by atoms with Crippen molar-refractivity contribution >= 4 is 11.9 Å². The van der Waals surface area contributed by atoms with Crippen molar-refractivity contribution in [3.05, 3.63) is 0 Å². The zero-order valence-corrected chi connectivity index (χ0v) is 11.3. The molecule has 1 unspecified atom stereocenters. The summed E-state index contributed by atoms with van der Waals surface area (Å²) in [6.45, 7) is 1.84. The molecule has 1 saturated carbocycles. The molecule has 6 nitrogen and oxygen atoms in total. The fourth-order valence-corrected chi connectivity index (χ4v) is 2.27. The molecule has 3 N–H and O–H groups in total. The molecular weight excluding hydrogens is 295 g/mol. The molecule has 1 heterocycles. The van der Waals surface area contributed by atoms with Crippen LogP contribution in [0.5, 0.6) is 0 Å². The number of hydrogen-bond donors (Lipinski definition) is 3. The van der Waals surface area contributed by atoms with Gasteiger partial charge in [-0.3, -0.25) is 9.69 Å². The summed E-state index contributed by atoms with van der Waals surface area (Å²) in [5.41, 5.74) is 0.0397. The number of hydrogen-bond acceptors (Lipinski definition) is 4. The molecule has 9 heteroatoms. The molecule has 0 aromatic carbocycles. The number of aliphatic hydroxyl groups is 1. The van der Waals surface area contributed by atoms with Crippen LogP contribution < -0.4 is 0 Å². The molecular formula is C12H18F3NO5. The Balaban J connectivity index is 0.000000270. The summed E-state index contributed by atoms with van der Waals surface area (Å²) in [7, 11) is 0. The van der Waals surface area contributed by atoms with Crippen LogP contribution in [0.25, 0.3) is 0 Å². The van der Waals surface area contributed by atoms with Crippen LogP contribution in [0.3, 0.4) is 0 Å². The minimum Gasteiger partial charge on any atom is -0.480 e. The van der Waals surface area contributed by atoms with Gasteiger partial charge in [0.25, 0.3) is 0 Å². The minimum absolute atomic E-state index is 0.0397. The van der Waals surface area contributed by atoms with E-state index in [4.69, 9.17) is 20.1 Å². The number of aliphatic hydroxyl groups excluding tert-OH is 1. The first-order chi connectivity index (χ1) is 9.61. The van der Waals surface area contributed by atoms with Crippen molar-refractivity contribution in [2.75, 3.05) is 19.7 Å². The lowest BCUT2D eigenvalue weighted by Crippen LogP contribution is -2.40. The van der Waals surface area contributed by atoms with Crippen LogP contribution in [0.2, 0.25) is 0 Å². The highest BCUT2D eigenvalue weighted by Crippen LogP contribution is 2.46. The molecule has 122 valence electrons. The summed E-state index contributed by atoms with van der Waals surface area (Å²) in [6, 6.07) is -0.306. The molecule has 0 radical (unpaired) electrons. The smallest absolute Gasteiger partial charge is 0.480 e. The lowest BCUT2D eigenvalue weighted by Gasteiger charge is -2.25. The van der Waals surface area contributed by atoms with E-state index < -0.39 is 18.1 Å². The van der Waals surface area contributed by atoms with Gasteiger partial charge < -0.3 is 15.3 Å². The van der Waals surface area contributed by atoms with Crippen molar-refractivity contribution in [3.63, 3.8) is 0 Å². The van der Waals surface area contributed by atoms with E-state index in [1.807, 2.05) is 4.90 Å². The summed E-state index contributed by atoms with van der Waals surface area (Å²) < 4.78 is 31.7. The van der Waals surface area contributed by atoms with Gasteiger partial charge in [-0.25, -0.2) is 4.79 Å². The Kier molecular flexibility index (Phi) is 5.57. The van der Waals surface area contributed by atoms with Gasteiger partial charge in [-0.1, -0.05) is 0 Å². The third kappa shape index (κ3) is 5.16. The maximum atomic E-state index is 10.9. The van der Waals surface area contributed by atoms with E-state index in [1.54, 1.807) is 0 Å². The predicted molar refractivity (Wildman–Crippen MR) is 64.7 cm³/mol. The Morgan fingerprint density at radius 1 is 1.24 bits per heavy atom. The molecule has 0 aromatic rings. The van der Waals surface area contributed by atoms with E-state index >= 15 is 0 Å². The van der Waals surface area contributed by atoms with Crippen LogP contribution >= 0.6 is 0 Å². The average molecular weight is 313 g/mol. The van der Waals surface area contributed by atoms with Crippen LogP contribution in [0.15, 0.2) is 0 Å². The molecule has 1 atom stereocenters. The lowest BCUT2D eigenvalue weighted by molar-refractivity contribution is -0.192. The van der Waals surface area contributed by atoms with Crippen LogP contribution in [-0.4, -0.2) is 64.1 Å². The minimum atomic E-state index is -5.08. The fraction of sp³-hybridized carbons (Fsp3) is 0.833. The second-order valence-corrected chi connectivity index (χ2v) is 5.43. The fourth-order valence-electron chi connectivity index (χ4n) is 2.27. The second-order valence-electron chi connectivity index (χ2n) is 5.43. The second kappa shape index (κ2) is 6.61. The van der Waals surface area contributed by atoms with Crippen molar-refractivity contribution in [1.29, 1.82) is 0 Å². The highest BCUT2D eigenvalue weighted by atomic mass is 19.4. The topological polar surface area (TPSA) is 98.1 Å². The van der Waals surface area contributed by atoms with E-state index in [0.29, 0.717) is 0 Å². The first-order valence-electron chi connectivity index (χ1n) is 6.49. The molecule has 0 bridgehead atoms. The van der Waals surface area contributed by atoms with E-state index in [2.05, 4.69) is 0 Å². The van der Waals surface area contributed by atoms with E-state index in [-0.39, 0.29) is 18.1 Å². The number of alkyl halides is 3. The Morgan fingerprint density at radius 2 is 1.76 bits per heavy atom. The maximum absolute atomic E-state index is 10.9. The summed E-state index contributed by atoms with van der Waals surface area (Å²) in [4.78, 5) is 21.8. The number of rotatable bonds is 4. The highest BCUT2D eigenvalue weighted by molar-refractivity contribution is 5.73. The maximum Gasteiger partial charge on any atom is 0.490 e. The molecule has 0 amide bonds. The summed E-state index contributed by atoms with van der Waals surface area (Å²) in [6.07, 6.45) is -1.26. The third-order valence-corrected chi connectivity index (χ3v) is 3.72. The molecule has 2 aliphatic rings.